The molecular weight excluding hydrogens is 452 g/mol. The highest BCUT2D eigenvalue weighted by atomic mass is 32.2. The van der Waals surface area contributed by atoms with Gasteiger partial charge in [-0.1, -0.05) is 51.0 Å². The van der Waals surface area contributed by atoms with Crippen LogP contribution in [-0.2, 0) is 6.42 Å². The number of carbonyl (C=O) groups excluding carboxylic acids is 1. The Balaban J connectivity index is 1.34. The van der Waals surface area contributed by atoms with E-state index in [2.05, 4.69) is 48.1 Å². The van der Waals surface area contributed by atoms with Gasteiger partial charge in [0.15, 0.2) is 5.82 Å². The second-order valence-corrected chi connectivity index (χ2v) is 9.51. The topological polar surface area (TPSA) is 52.1 Å². The molecule has 4 aromatic rings. The summed E-state index contributed by atoms with van der Waals surface area (Å²) in [6.45, 7) is 4.30. The fourth-order valence-electron chi connectivity index (χ4n) is 3.61. The summed E-state index contributed by atoms with van der Waals surface area (Å²) in [5, 5.41) is 0. The molecule has 1 aromatic heterocycles. The van der Waals surface area contributed by atoms with Crippen molar-refractivity contribution < 1.29 is 9.53 Å². The van der Waals surface area contributed by atoms with Crippen molar-refractivity contribution in [2.75, 3.05) is 5.75 Å². The van der Waals surface area contributed by atoms with Gasteiger partial charge in [0.05, 0.1) is 5.56 Å². The van der Waals surface area contributed by atoms with E-state index in [0.29, 0.717) is 17.1 Å². The molecule has 35 heavy (non-hydrogen) atoms. The molecule has 0 aliphatic rings. The van der Waals surface area contributed by atoms with Crippen LogP contribution in [0.25, 0.3) is 22.5 Å². The fourth-order valence-corrected chi connectivity index (χ4v) is 4.52. The number of rotatable bonds is 10. The molecule has 0 bridgehead atoms. The molecule has 0 unspecified atom stereocenters. The molecule has 0 aliphatic heterocycles. The summed E-state index contributed by atoms with van der Waals surface area (Å²) < 4.78 is 5.56. The van der Waals surface area contributed by atoms with E-state index in [0.717, 1.165) is 34.4 Å². The molecule has 4 nitrogen and oxygen atoms in total. The summed E-state index contributed by atoms with van der Waals surface area (Å²) in [4.78, 5) is 22.7. The number of aryl methyl sites for hydroxylation is 1. The van der Waals surface area contributed by atoms with Crippen molar-refractivity contribution in [1.82, 2.24) is 9.97 Å². The number of esters is 1. The van der Waals surface area contributed by atoms with Gasteiger partial charge in [-0.05, 0) is 83.8 Å². The molecule has 0 N–H and O–H groups in total. The quantitative estimate of drug-likeness (QED) is 0.0996. The summed E-state index contributed by atoms with van der Waals surface area (Å²) in [5.41, 5.74) is 4.69. The standard InChI is InChI=1S/C30H30N2O2S/c1-3-5-6-19-35-28-17-13-24(14-18-28)23-7-9-26(10-8-23)30(33)34-27-15-11-25(12-16-27)29-31-20-22(4-2)21-32-29/h7-18,20-21H,3-6,19H2,1-2H3. The molecule has 5 heteroatoms. The fraction of sp³-hybridized carbons (Fsp3) is 0.233. The molecule has 0 radical (unpaired) electrons. The van der Waals surface area contributed by atoms with Gasteiger partial charge in [0.2, 0.25) is 0 Å². The predicted molar refractivity (Wildman–Crippen MR) is 144 cm³/mol. The second-order valence-electron chi connectivity index (χ2n) is 8.34. The zero-order valence-electron chi connectivity index (χ0n) is 20.2. The lowest BCUT2D eigenvalue weighted by Crippen LogP contribution is -2.08. The van der Waals surface area contributed by atoms with E-state index in [4.69, 9.17) is 4.74 Å². The Labute approximate surface area is 211 Å². The van der Waals surface area contributed by atoms with Crippen LogP contribution in [-0.4, -0.2) is 21.7 Å². The highest BCUT2D eigenvalue weighted by Crippen LogP contribution is 2.26. The highest BCUT2D eigenvalue weighted by Gasteiger charge is 2.10. The lowest BCUT2D eigenvalue weighted by Gasteiger charge is -2.08. The van der Waals surface area contributed by atoms with Gasteiger partial charge in [0.25, 0.3) is 0 Å². The second kappa shape index (κ2) is 12.3. The summed E-state index contributed by atoms with van der Waals surface area (Å²) in [7, 11) is 0. The zero-order chi connectivity index (χ0) is 24.5. The summed E-state index contributed by atoms with van der Waals surface area (Å²) >= 11 is 1.90. The Kier molecular flexibility index (Phi) is 8.68. The van der Waals surface area contributed by atoms with Gasteiger partial charge in [-0.2, -0.15) is 0 Å². The summed E-state index contributed by atoms with van der Waals surface area (Å²) in [5.74, 6) is 1.91. The molecule has 0 spiro atoms. The maximum Gasteiger partial charge on any atom is 0.343 e. The van der Waals surface area contributed by atoms with Crippen molar-refractivity contribution in [3.8, 4) is 28.3 Å². The minimum Gasteiger partial charge on any atom is -0.423 e. The maximum atomic E-state index is 12.6. The normalized spacial score (nSPS) is 10.8. The number of benzene rings is 3. The van der Waals surface area contributed by atoms with Crippen molar-refractivity contribution in [1.29, 1.82) is 0 Å². The van der Waals surface area contributed by atoms with Crippen LogP contribution in [0.3, 0.4) is 0 Å². The molecule has 178 valence electrons. The van der Waals surface area contributed by atoms with Gasteiger partial charge in [0, 0.05) is 22.9 Å². The lowest BCUT2D eigenvalue weighted by atomic mass is 10.0. The van der Waals surface area contributed by atoms with Gasteiger partial charge in [0.1, 0.15) is 5.75 Å². The SMILES string of the molecule is CCCCCSc1ccc(-c2ccc(C(=O)Oc3ccc(-c4ncc(CC)cn4)cc3)cc2)cc1. The molecule has 4 rings (SSSR count). The van der Waals surface area contributed by atoms with Gasteiger partial charge >= 0.3 is 5.97 Å². The molecule has 3 aromatic carbocycles. The van der Waals surface area contributed by atoms with E-state index in [1.54, 1.807) is 12.1 Å². The molecule has 0 amide bonds. The average molecular weight is 483 g/mol. The molecule has 0 saturated heterocycles. The van der Waals surface area contributed by atoms with Crippen LogP contribution in [0.5, 0.6) is 5.75 Å². The molecule has 0 saturated carbocycles. The van der Waals surface area contributed by atoms with E-state index >= 15 is 0 Å². The Bertz CT molecular complexity index is 1220. The third-order valence-electron chi connectivity index (χ3n) is 5.76. The van der Waals surface area contributed by atoms with Crippen molar-refractivity contribution in [2.45, 2.75) is 44.4 Å². The first kappa shape index (κ1) is 24.7. The number of ether oxygens (including phenoxy) is 1. The van der Waals surface area contributed by atoms with Crippen LogP contribution < -0.4 is 4.74 Å². The number of unbranched alkanes of at least 4 members (excludes halogenated alkanes) is 2. The Morgan fingerprint density at radius 1 is 0.771 bits per heavy atom. The van der Waals surface area contributed by atoms with E-state index in [1.165, 1.54) is 24.2 Å². The largest absolute Gasteiger partial charge is 0.423 e. The number of nitrogens with zero attached hydrogens (tertiary/aromatic N) is 2. The molecular formula is C30H30N2O2S. The van der Waals surface area contributed by atoms with Crippen molar-refractivity contribution in [3.63, 3.8) is 0 Å². The monoisotopic (exact) mass is 482 g/mol. The van der Waals surface area contributed by atoms with Crippen molar-refractivity contribution >= 4 is 17.7 Å². The predicted octanol–water partition coefficient (Wildman–Crippen LogP) is 7.87. The third-order valence-corrected chi connectivity index (χ3v) is 6.86. The smallest absolute Gasteiger partial charge is 0.343 e. The van der Waals surface area contributed by atoms with E-state index in [1.807, 2.05) is 60.6 Å². The Morgan fingerprint density at radius 3 is 1.97 bits per heavy atom. The van der Waals surface area contributed by atoms with E-state index in [9.17, 15) is 4.79 Å². The number of aromatic nitrogens is 2. The third kappa shape index (κ3) is 6.80. The van der Waals surface area contributed by atoms with Gasteiger partial charge < -0.3 is 4.74 Å². The van der Waals surface area contributed by atoms with Crippen LogP contribution in [0, 0.1) is 0 Å². The van der Waals surface area contributed by atoms with E-state index < -0.39 is 0 Å². The summed E-state index contributed by atoms with van der Waals surface area (Å²) in [6.07, 6.45) is 8.36. The lowest BCUT2D eigenvalue weighted by molar-refractivity contribution is 0.0735. The first-order valence-corrected chi connectivity index (χ1v) is 13.1. The number of carbonyl (C=O) groups is 1. The van der Waals surface area contributed by atoms with E-state index in [-0.39, 0.29) is 5.97 Å². The highest BCUT2D eigenvalue weighted by molar-refractivity contribution is 7.99. The number of hydrogen-bond acceptors (Lipinski definition) is 5. The van der Waals surface area contributed by atoms with Crippen LogP contribution >= 0.6 is 11.8 Å². The minimum atomic E-state index is -0.383. The number of hydrogen-bond donors (Lipinski definition) is 0. The first-order chi connectivity index (χ1) is 17.2. The Hall–Kier alpha value is -3.44. The first-order valence-electron chi connectivity index (χ1n) is 12.1. The molecule has 1 heterocycles. The Morgan fingerprint density at radius 2 is 1.37 bits per heavy atom. The van der Waals surface area contributed by atoms with Crippen LogP contribution in [0.4, 0.5) is 0 Å². The van der Waals surface area contributed by atoms with Crippen LogP contribution in [0.1, 0.15) is 49.0 Å². The number of thioether (sulfide) groups is 1. The van der Waals surface area contributed by atoms with Crippen LogP contribution in [0.15, 0.2) is 90.1 Å². The summed E-state index contributed by atoms with van der Waals surface area (Å²) in [6, 6.07) is 23.4. The molecule has 0 aliphatic carbocycles. The zero-order valence-corrected chi connectivity index (χ0v) is 21.1. The van der Waals surface area contributed by atoms with Gasteiger partial charge in [-0.3, -0.25) is 0 Å². The van der Waals surface area contributed by atoms with Crippen molar-refractivity contribution in [2.24, 2.45) is 0 Å². The average Bonchev–Trinajstić information content (AvgIpc) is 2.92. The molecule has 0 atom stereocenters. The van der Waals surface area contributed by atoms with Crippen LogP contribution in [0.2, 0.25) is 0 Å². The maximum absolute atomic E-state index is 12.6. The van der Waals surface area contributed by atoms with Gasteiger partial charge in [-0.25, -0.2) is 14.8 Å². The van der Waals surface area contributed by atoms with Crippen molar-refractivity contribution in [3.05, 3.63) is 96.3 Å². The minimum absolute atomic E-state index is 0.383. The van der Waals surface area contributed by atoms with Gasteiger partial charge in [-0.15, -0.1) is 11.8 Å². The molecule has 0 fully saturated rings.